The number of hydrogen-bond donors (Lipinski definition) is 0. The Hall–Kier alpha value is -1.85. The molecule has 0 unspecified atom stereocenters. The van der Waals surface area contributed by atoms with Crippen LogP contribution in [0.15, 0.2) is 18.6 Å². The zero-order valence-corrected chi connectivity index (χ0v) is 14.0. The van der Waals surface area contributed by atoms with Crippen molar-refractivity contribution in [1.82, 2.24) is 14.9 Å². The Kier molecular flexibility index (Phi) is 5.21. The SMILES string of the molecule is CN(C[C@@H]1CCCCN1C(=O)OC(C)(C)C)c1cnccn1. The topological polar surface area (TPSA) is 58.6 Å². The molecule has 0 bridgehead atoms. The molecule has 1 fully saturated rings. The third-order valence-electron chi connectivity index (χ3n) is 3.68. The van der Waals surface area contributed by atoms with Crippen LogP contribution in [-0.4, -0.2) is 52.7 Å². The number of rotatable bonds is 3. The maximum atomic E-state index is 12.4. The van der Waals surface area contributed by atoms with Gasteiger partial charge in [0.15, 0.2) is 0 Å². The van der Waals surface area contributed by atoms with Gasteiger partial charge < -0.3 is 14.5 Å². The normalized spacial score (nSPS) is 18.9. The summed E-state index contributed by atoms with van der Waals surface area (Å²) in [6.07, 6.45) is 8.01. The largest absolute Gasteiger partial charge is 0.444 e. The minimum absolute atomic E-state index is 0.149. The first kappa shape index (κ1) is 16.5. The van der Waals surface area contributed by atoms with E-state index >= 15 is 0 Å². The quantitative estimate of drug-likeness (QED) is 0.859. The second-order valence-corrected chi connectivity index (χ2v) is 6.77. The van der Waals surface area contributed by atoms with Gasteiger partial charge in [-0.3, -0.25) is 4.98 Å². The fourth-order valence-electron chi connectivity index (χ4n) is 2.65. The summed E-state index contributed by atoms with van der Waals surface area (Å²) in [5.41, 5.74) is -0.462. The Morgan fingerprint density at radius 1 is 1.41 bits per heavy atom. The standard InChI is InChI=1S/C16H26N4O2/c1-16(2,3)22-15(21)20-10-6-5-7-13(20)12-19(4)14-11-17-8-9-18-14/h8-9,11,13H,5-7,10,12H2,1-4H3/t13-/m0/s1. The number of likely N-dealkylation sites (tertiary alicyclic amines) is 1. The van der Waals surface area contributed by atoms with Crippen LogP contribution in [0, 0.1) is 0 Å². The van der Waals surface area contributed by atoms with Crippen molar-refractivity contribution in [1.29, 1.82) is 0 Å². The first-order chi connectivity index (χ1) is 10.4. The highest BCUT2D eigenvalue weighted by Gasteiger charge is 2.31. The Morgan fingerprint density at radius 3 is 2.82 bits per heavy atom. The maximum Gasteiger partial charge on any atom is 0.410 e. The number of likely N-dealkylation sites (N-methyl/N-ethyl adjacent to an activating group) is 1. The molecule has 0 spiro atoms. The van der Waals surface area contributed by atoms with E-state index in [2.05, 4.69) is 9.97 Å². The average molecular weight is 306 g/mol. The molecular weight excluding hydrogens is 280 g/mol. The molecule has 1 saturated heterocycles. The van der Waals surface area contributed by atoms with Crippen molar-refractivity contribution in [2.45, 2.75) is 51.7 Å². The van der Waals surface area contributed by atoms with Gasteiger partial charge in [-0.15, -0.1) is 0 Å². The molecule has 6 heteroatoms. The molecule has 1 aliphatic heterocycles. The number of carbonyl (C=O) groups is 1. The zero-order valence-electron chi connectivity index (χ0n) is 14.0. The lowest BCUT2D eigenvalue weighted by Gasteiger charge is -2.38. The highest BCUT2D eigenvalue weighted by molar-refractivity contribution is 5.68. The van der Waals surface area contributed by atoms with Crippen molar-refractivity contribution in [2.75, 3.05) is 25.0 Å². The van der Waals surface area contributed by atoms with E-state index in [-0.39, 0.29) is 12.1 Å². The molecule has 1 aromatic heterocycles. The van der Waals surface area contributed by atoms with Crippen molar-refractivity contribution in [3.05, 3.63) is 18.6 Å². The van der Waals surface area contributed by atoms with E-state index in [0.29, 0.717) is 0 Å². The van der Waals surface area contributed by atoms with Crippen molar-refractivity contribution in [3.8, 4) is 0 Å². The molecule has 0 radical (unpaired) electrons. The lowest BCUT2D eigenvalue weighted by molar-refractivity contribution is 0.0108. The van der Waals surface area contributed by atoms with Crippen LogP contribution < -0.4 is 4.90 Å². The van der Waals surface area contributed by atoms with Gasteiger partial charge in [-0.2, -0.15) is 0 Å². The fraction of sp³-hybridized carbons (Fsp3) is 0.688. The molecule has 1 amide bonds. The Labute approximate surface area is 132 Å². The molecule has 2 heterocycles. The van der Waals surface area contributed by atoms with Gasteiger partial charge in [-0.25, -0.2) is 9.78 Å². The van der Waals surface area contributed by atoms with E-state index in [1.165, 1.54) is 0 Å². The molecule has 1 atom stereocenters. The Morgan fingerprint density at radius 2 is 2.18 bits per heavy atom. The summed E-state index contributed by atoms with van der Waals surface area (Å²) in [5, 5.41) is 0. The number of nitrogens with zero attached hydrogens (tertiary/aromatic N) is 4. The molecule has 0 saturated carbocycles. The Bertz CT molecular complexity index is 487. The number of ether oxygens (including phenoxy) is 1. The molecule has 2 rings (SSSR count). The molecule has 122 valence electrons. The summed E-state index contributed by atoms with van der Waals surface area (Å²) < 4.78 is 5.54. The molecule has 0 aromatic carbocycles. The van der Waals surface area contributed by atoms with Crippen LogP contribution in [0.1, 0.15) is 40.0 Å². The Balaban J connectivity index is 2.02. The number of anilines is 1. The van der Waals surface area contributed by atoms with E-state index < -0.39 is 5.60 Å². The number of hydrogen-bond acceptors (Lipinski definition) is 5. The van der Waals surface area contributed by atoms with Crippen LogP contribution in [0.3, 0.4) is 0 Å². The summed E-state index contributed by atoms with van der Waals surface area (Å²) in [6.45, 7) is 7.19. The van der Waals surface area contributed by atoms with Gasteiger partial charge in [-0.1, -0.05) is 0 Å². The van der Waals surface area contributed by atoms with Crippen molar-refractivity contribution >= 4 is 11.9 Å². The minimum Gasteiger partial charge on any atom is -0.444 e. The maximum absolute atomic E-state index is 12.4. The zero-order chi connectivity index (χ0) is 16.2. The summed E-state index contributed by atoms with van der Waals surface area (Å²) in [6, 6.07) is 0.149. The van der Waals surface area contributed by atoms with Crippen LogP contribution in [0.5, 0.6) is 0 Å². The fourth-order valence-corrected chi connectivity index (χ4v) is 2.65. The second-order valence-electron chi connectivity index (χ2n) is 6.77. The molecule has 0 aliphatic carbocycles. The smallest absolute Gasteiger partial charge is 0.410 e. The molecule has 22 heavy (non-hydrogen) atoms. The van der Waals surface area contributed by atoms with Crippen LogP contribution in [0.2, 0.25) is 0 Å². The summed E-state index contributed by atoms with van der Waals surface area (Å²) >= 11 is 0. The van der Waals surface area contributed by atoms with Gasteiger partial charge in [0, 0.05) is 32.5 Å². The number of carbonyl (C=O) groups excluding carboxylic acids is 1. The highest BCUT2D eigenvalue weighted by atomic mass is 16.6. The number of piperidine rings is 1. The average Bonchev–Trinajstić information content (AvgIpc) is 2.47. The van der Waals surface area contributed by atoms with Gasteiger partial charge in [0.2, 0.25) is 0 Å². The van der Waals surface area contributed by atoms with Gasteiger partial charge in [0.25, 0.3) is 0 Å². The first-order valence-corrected chi connectivity index (χ1v) is 7.83. The van der Waals surface area contributed by atoms with Gasteiger partial charge in [0.05, 0.1) is 12.2 Å². The number of aromatic nitrogens is 2. The van der Waals surface area contributed by atoms with Crippen molar-refractivity contribution in [3.63, 3.8) is 0 Å². The first-order valence-electron chi connectivity index (χ1n) is 7.83. The van der Waals surface area contributed by atoms with E-state index in [0.717, 1.165) is 38.2 Å². The lowest BCUT2D eigenvalue weighted by Crippen LogP contribution is -2.50. The van der Waals surface area contributed by atoms with Gasteiger partial charge in [-0.05, 0) is 40.0 Å². The predicted molar refractivity (Wildman–Crippen MR) is 85.9 cm³/mol. The monoisotopic (exact) mass is 306 g/mol. The second kappa shape index (κ2) is 6.94. The lowest BCUT2D eigenvalue weighted by atomic mass is 10.0. The number of amides is 1. The third-order valence-corrected chi connectivity index (χ3v) is 3.68. The highest BCUT2D eigenvalue weighted by Crippen LogP contribution is 2.22. The molecular formula is C16H26N4O2. The third kappa shape index (κ3) is 4.58. The van der Waals surface area contributed by atoms with E-state index in [1.54, 1.807) is 18.6 Å². The van der Waals surface area contributed by atoms with Crippen molar-refractivity contribution in [2.24, 2.45) is 0 Å². The molecule has 1 aromatic rings. The van der Waals surface area contributed by atoms with Crippen LogP contribution in [-0.2, 0) is 4.74 Å². The summed E-state index contributed by atoms with van der Waals surface area (Å²) in [5.74, 6) is 0.817. The summed E-state index contributed by atoms with van der Waals surface area (Å²) in [7, 11) is 1.98. The van der Waals surface area contributed by atoms with E-state index in [9.17, 15) is 4.79 Å². The van der Waals surface area contributed by atoms with Crippen LogP contribution in [0.25, 0.3) is 0 Å². The van der Waals surface area contributed by atoms with E-state index in [4.69, 9.17) is 4.74 Å². The van der Waals surface area contributed by atoms with Crippen LogP contribution >= 0.6 is 0 Å². The summed E-state index contributed by atoms with van der Waals surface area (Å²) in [4.78, 5) is 24.7. The molecule has 0 N–H and O–H groups in total. The van der Waals surface area contributed by atoms with Gasteiger partial charge >= 0.3 is 6.09 Å². The molecule has 6 nitrogen and oxygen atoms in total. The minimum atomic E-state index is -0.462. The predicted octanol–water partition coefficient (Wildman–Crippen LogP) is 2.70. The van der Waals surface area contributed by atoms with Crippen LogP contribution in [0.4, 0.5) is 10.6 Å². The molecule has 1 aliphatic rings. The van der Waals surface area contributed by atoms with Crippen molar-refractivity contribution < 1.29 is 9.53 Å². The van der Waals surface area contributed by atoms with Gasteiger partial charge in [0.1, 0.15) is 11.4 Å². The van der Waals surface area contributed by atoms with E-state index in [1.807, 2.05) is 37.6 Å².